The van der Waals surface area contributed by atoms with Crippen LogP contribution in [0.1, 0.15) is 12.8 Å². The van der Waals surface area contributed by atoms with Crippen LogP contribution >= 0.6 is 0 Å². The largest absolute Gasteiger partial charge is 0.405 e. The fourth-order valence-electron chi connectivity index (χ4n) is 0.649. The zero-order chi connectivity index (χ0) is 10.7. The van der Waals surface area contributed by atoms with E-state index in [2.05, 4.69) is 5.84 Å². The fourth-order valence-corrected chi connectivity index (χ4v) is 0.649. The Bertz CT molecular complexity index is 150. The van der Waals surface area contributed by atoms with Crippen LogP contribution in [0.5, 0.6) is 0 Å². The van der Waals surface area contributed by atoms with Gasteiger partial charge in [0.2, 0.25) is 0 Å². The van der Waals surface area contributed by atoms with Crippen LogP contribution in [-0.2, 0) is 0 Å². The van der Waals surface area contributed by atoms with Gasteiger partial charge in [0.25, 0.3) is 0 Å². The molecule has 0 rings (SSSR count). The first-order chi connectivity index (χ1) is 5.67. The number of hydrazine groups is 1. The Balaban J connectivity index is 4.02. The van der Waals surface area contributed by atoms with Crippen molar-refractivity contribution >= 4 is 0 Å². The van der Waals surface area contributed by atoms with E-state index < -0.39 is 31.2 Å². The van der Waals surface area contributed by atoms with E-state index in [4.69, 9.17) is 0 Å². The Labute approximate surface area is 70.1 Å². The van der Waals surface area contributed by atoms with Crippen molar-refractivity contribution < 1.29 is 26.3 Å². The minimum Gasteiger partial charge on any atom is -0.271 e. The molecule has 1 unspecified atom stereocenters. The van der Waals surface area contributed by atoms with Crippen molar-refractivity contribution in [2.24, 2.45) is 5.84 Å². The zero-order valence-electron chi connectivity index (χ0n) is 6.34. The van der Waals surface area contributed by atoms with Gasteiger partial charge in [-0.3, -0.25) is 5.84 Å². The van der Waals surface area contributed by atoms with Gasteiger partial charge < -0.3 is 0 Å². The van der Waals surface area contributed by atoms with Crippen molar-refractivity contribution in [3.63, 3.8) is 0 Å². The maximum Gasteiger partial charge on any atom is 0.405 e. The molecule has 2 nitrogen and oxygen atoms in total. The molecule has 0 aliphatic carbocycles. The first kappa shape index (κ1) is 12.5. The fraction of sp³-hybridized carbons (Fsp3) is 1.00. The number of hydrogen-bond donors (Lipinski definition) is 2. The molecule has 0 amide bonds. The molecule has 0 saturated heterocycles. The van der Waals surface area contributed by atoms with E-state index in [9.17, 15) is 26.3 Å². The molecule has 0 radical (unpaired) electrons. The summed E-state index contributed by atoms with van der Waals surface area (Å²) in [6.45, 7) is 0. The molecule has 8 heteroatoms. The molecular weight excluding hydrogens is 202 g/mol. The van der Waals surface area contributed by atoms with Crippen molar-refractivity contribution in [3.8, 4) is 0 Å². The molecule has 1 atom stereocenters. The van der Waals surface area contributed by atoms with Crippen molar-refractivity contribution in [2.45, 2.75) is 31.2 Å². The average molecular weight is 210 g/mol. The van der Waals surface area contributed by atoms with Crippen molar-refractivity contribution in [3.05, 3.63) is 0 Å². The van der Waals surface area contributed by atoms with Gasteiger partial charge >= 0.3 is 12.4 Å². The smallest absolute Gasteiger partial charge is 0.271 e. The number of halogens is 6. The number of alkyl halides is 6. The molecule has 0 heterocycles. The van der Waals surface area contributed by atoms with Gasteiger partial charge in [0.05, 0.1) is 0 Å². The van der Waals surface area contributed by atoms with Crippen LogP contribution in [0.25, 0.3) is 0 Å². The summed E-state index contributed by atoms with van der Waals surface area (Å²) in [4.78, 5) is 0. The average Bonchev–Trinajstić information content (AvgIpc) is 1.82. The van der Waals surface area contributed by atoms with Crippen LogP contribution in [0, 0.1) is 0 Å². The van der Waals surface area contributed by atoms with E-state index in [-0.39, 0.29) is 0 Å². The molecule has 0 aromatic heterocycles. The van der Waals surface area contributed by atoms with E-state index in [1.807, 2.05) is 0 Å². The van der Waals surface area contributed by atoms with Crippen molar-refractivity contribution in [1.82, 2.24) is 5.43 Å². The number of rotatable bonds is 3. The zero-order valence-corrected chi connectivity index (χ0v) is 6.34. The summed E-state index contributed by atoms with van der Waals surface area (Å²) < 4.78 is 69.9. The highest BCUT2D eigenvalue weighted by molar-refractivity contribution is 4.73. The summed E-state index contributed by atoms with van der Waals surface area (Å²) in [5.74, 6) is 4.45. The van der Waals surface area contributed by atoms with Crippen LogP contribution in [-0.4, -0.2) is 18.4 Å². The van der Waals surface area contributed by atoms with Gasteiger partial charge in [0.15, 0.2) is 0 Å². The highest BCUT2D eigenvalue weighted by atomic mass is 19.4. The van der Waals surface area contributed by atoms with E-state index in [0.717, 1.165) is 0 Å². The van der Waals surface area contributed by atoms with E-state index in [1.165, 1.54) is 5.43 Å². The molecule has 0 aliphatic rings. The molecule has 0 aromatic carbocycles. The van der Waals surface area contributed by atoms with Crippen LogP contribution in [0.4, 0.5) is 26.3 Å². The molecule has 3 N–H and O–H groups in total. The second-order valence-corrected chi connectivity index (χ2v) is 2.41. The standard InChI is InChI=1S/C5H8F6N2/c6-4(7,8)2-1-3(13-12)5(9,10)11/h3,13H,1-2,12H2. The molecule has 0 bridgehead atoms. The molecule has 13 heavy (non-hydrogen) atoms. The monoisotopic (exact) mass is 210 g/mol. The van der Waals surface area contributed by atoms with Gasteiger partial charge in [-0.2, -0.15) is 26.3 Å². The van der Waals surface area contributed by atoms with Gasteiger partial charge in [-0.1, -0.05) is 0 Å². The summed E-state index contributed by atoms with van der Waals surface area (Å²) >= 11 is 0. The third-order valence-electron chi connectivity index (χ3n) is 1.31. The number of nitrogens with one attached hydrogen (secondary N) is 1. The Hall–Kier alpha value is -0.500. The van der Waals surface area contributed by atoms with Crippen LogP contribution in [0.15, 0.2) is 0 Å². The molecular formula is C5H8F6N2. The Morgan fingerprint density at radius 1 is 1.08 bits per heavy atom. The third-order valence-corrected chi connectivity index (χ3v) is 1.31. The predicted octanol–water partition coefficient (Wildman–Crippen LogP) is 1.72. The maximum absolute atomic E-state index is 11.8. The summed E-state index contributed by atoms with van der Waals surface area (Å²) in [5, 5.41) is 0. The molecule has 0 aliphatic heterocycles. The highest BCUT2D eigenvalue weighted by Gasteiger charge is 2.41. The van der Waals surface area contributed by atoms with Gasteiger partial charge in [0.1, 0.15) is 6.04 Å². The lowest BCUT2D eigenvalue weighted by Gasteiger charge is -2.19. The van der Waals surface area contributed by atoms with Crippen molar-refractivity contribution in [2.75, 3.05) is 0 Å². The van der Waals surface area contributed by atoms with Crippen LogP contribution in [0.2, 0.25) is 0 Å². The highest BCUT2D eigenvalue weighted by Crippen LogP contribution is 2.28. The van der Waals surface area contributed by atoms with Gasteiger partial charge in [0, 0.05) is 6.42 Å². The molecule has 0 aromatic rings. The van der Waals surface area contributed by atoms with Gasteiger partial charge in [-0.15, -0.1) is 0 Å². The van der Waals surface area contributed by atoms with E-state index in [0.29, 0.717) is 0 Å². The Morgan fingerprint density at radius 3 is 1.77 bits per heavy atom. The normalized spacial score (nSPS) is 15.9. The Kier molecular flexibility index (Phi) is 3.98. The van der Waals surface area contributed by atoms with Crippen LogP contribution in [0.3, 0.4) is 0 Å². The van der Waals surface area contributed by atoms with Crippen LogP contribution < -0.4 is 11.3 Å². The molecule has 80 valence electrons. The minimum absolute atomic E-state index is 1.11. The molecule has 0 fully saturated rings. The lowest BCUT2D eigenvalue weighted by molar-refractivity contribution is -0.173. The lowest BCUT2D eigenvalue weighted by atomic mass is 10.1. The lowest BCUT2D eigenvalue weighted by Crippen LogP contribution is -2.46. The van der Waals surface area contributed by atoms with E-state index >= 15 is 0 Å². The maximum atomic E-state index is 11.8. The second kappa shape index (κ2) is 4.14. The number of hydrogen-bond acceptors (Lipinski definition) is 2. The third kappa shape index (κ3) is 5.69. The molecule has 0 spiro atoms. The van der Waals surface area contributed by atoms with Crippen molar-refractivity contribution in [1.29, 1.82) is 0 Å². The second-order valence-electron chi connectivity index (χ2n) is 2.41. The molecule has 0 saturated carbocycles. The topological polar surface area (TPSA) is 38.0 Å². The summed E-state index contributed by atoms with van der Waals surface area (Å²) in [6.07, 6.45) is -12.0. The van der Waals surface area contributed by atoms with E-state index in [1.54, 1.807) is 0 Å². The minimum atomic E-state index is -4.75. The van der Waals surface area contributed by atoms with Gasteiger partial charge in [-0.05, 0) is 6.42 Å². The van der Waals surface area contributed by atoms with Gasteiger partial charge in [-0.25, -0.2) is 5.43 Å². The summed E-state index contributed by atoms with van der Waals surface area (Å²) in [5.41, 5.74) is 1.29. The summed E-state index contributed by atoms with van der Waals surface area (Å²) in [6, 6.07) is -2.31. The summed E-state index contributed by atoms with van der Waals surface area (Å²) in [7, 11) is 0. The number of nitrogens with two attached hydrogens (primary N) is 1. The SMILES string of the molecule is NNC(CCC(F)(F)F)C(F)(F)F. The first-order valence-corrected chi connectivity index (χ1v) is 3.26. The quantitative estimate of drug-likeness (QED) is 0.423. The first-order valence-electron chi connectivity index (χ1n) is 3.26. The Morgan fingerprint density at radius 2 is 1.54 bits per heavy atom. The predicted molar refractivity (Wildman–Crippen MR) is 32.5 cm³/mol.